The van der Waals surface area contributed by atoms with Crippen molar-refractivity contribution >= 4 is 27.7 Å². The number of furan rings is 1. The third kappa shape index (κ3) is 3.69. The molecule has 1 aliphatic heterocycles. The van der Waals surface area contributed by atoms with E-state index in [1.165, 1.54) is 12.3 Å². The van der Waals surface area contributed by atoms with Gasteiger partial charge in [-0.25, -0.2) is 9.18 Å². The molecule has 8 heteroatoms. The van der Waals surface area contributed by atoms with Gasteiger partial charge in [-0.1, -0.05) is 0 Å². The summed E-state index contributed by atoms with van der Waals surface area (Å²) in [6.07, 6.45) is 4.71. The lowest BCUT2D eigenvalue weighted by Crippen LogP contribution is -2.39. The second-order valence-corrected chi connectivity index (χ2v) is 8.31. The lowest BCUT2D eigenvalue weighted by molar-refractivity contribution is 0.0238. The molecular weight excluding hydrogens is 439 g/mol. The van der Waals surface area contributed by atoms with Crippen molar-refractivity contribution in [3.8, 4) is 5.75 Å². The van der Waals surface area contributed by atoms with Crippen LogP contribution < -0.4 is 0 Å². The second-order valence-electron chi connectivity index (χ2n) is 8.31. The molecule has 0 saturated carbocycles. The van der Waals surface area contributed by atoms with Gasteiger partial charge in [-0.15, -0.1) is 0 Å². The van der Waals surface area contributed by atoms with Crippen molar-refractivity contribution in [2.45, 2.75) is 19.9 Å². The smallest absolute Gasteiger partial charge is 0.342 e. The molecule has 176 valence electrons. The summed E-state index contributed by atoms with van der Waals surface area (Å²) in [6, 6.07) is 6.30. The number of pyridine rings is 1. The number of hydrogen-bond donors (Lipinski definition) is 1. The molecule has 0 bridgehead atoms. The fraction of sp³-hybridized carbons (Fsp3) is 0.308. The summed E-state index contributed by atoms with van der Waals surface area (Å²) in [6.45, 7) is 5.89. The van der Waals surface area contributed by atoms with Gasteiger partial charge in [0.1, 0.15) is 29.0 Å². The molecule has 34 heavy (non-hydrogen) atoms. The maximum absolute atomic E-state index is 14.6. The van der Waals surface area contributed by atoms with Gasteiger partial charge in [0.05, 0.1) is 25.9 Å². The quantitative estimate of drug-likeness (QED) is 0.427. The molecule has 1 aliphatic rings. The second kappa shape index (κ2) is 9.04. The highest BCUT2D eigenvalue weighted by Crippen LogP contribution is 2.47. The number of halogens is 1. The van der Waals surface area contributed by atoms with E-state index in [4.69, 9.17) is 13.9 Å². The molecule has 0 amide bonds. The lowest BCUT2D eigenvalue weighted by atomic mass is 9.89. The van der Waals surface area contributed by atoms with E-state index in [-0.39, 0.29) is 17.9 Å². The summed E-state index contributed by atoms with van der Waals surface area (Å²) in [5.41, 5.74) is 2.33. The number of fused-ring (bicyclic) bond motifs is 3. The van der Waals surface area contributed by atoms with Gasteiger partial charge in [0.2, 0.25) is 0 Å². The molecule has 1 N–H and O–H groups in total. The number of phenols is 1. The summed E-state index contributed by atoms with van der Waals surface area (Å²) in [4.78, 5) is 19.2. The van der Waals surface area contributed by atoms with Gasteiger partial charge >= 0.3 is 5.97 Å². The van der Waals surface area contributed by atoms with Crippen LogP contribution in [-0.4, -0.2) is 53.9 Å². The number of esters is 1. The third-order valence-electron chi connectivity index (χ3n) is 6.32. The van der Waals surface area contributed by atoms with Crippen LogP contribution in [0.1, 0.15) is 40.0 Å². The number of hydrogen-bond acceptors (Lipinski definition) is 7. The molecule has 0 spiro atoms. The minimum atomic E-state index is -0.565. The standard InChI is InChI=1S/C26H25FN2O5/c1-3-33-26(31)19-14-34-25-18-13-20(27)15(2)12-17(18)24(30)22(21(19)25)23(16-4-6-28-7-5-16)29-8-10-32-11-9-29/h4-7,12-14,23,30H,3,8-11H2,1-2H3. The minimum absolute atomic E-state index is 0.0224. The Kier molecular flexibility index (Phi) is 5.93. The molecular formula is C26H25FN2O5. The average Bonchev–Trinajstić information content (AvgIpc) is 3.29. The number of phenolic OH excluding ortho intramolecular Hbond substituents is 1. The molecule has 0 radical (unpaired) electrons. The molecule has 2 aromatic heterocycles. The van der Waals surface area contributed by atoms with Crippen molar-refractivity contribution in [3.05, 3.63) is 71.0 Å². The zero-order valence-corrected chi connectivity index (χ0v) is 19.0. The van der Waals surface area contributed by atoms with Gasteiger partial charge < -0.3 is 19.0 Å². The lowest BCUT2D eigenvalue weighted by Gasteiger charge is -2.36. The van der Waals surface area contributed by atoms with Crippen LogP contribution in [0.2, 0.25) is 0 Å². The summed E-state index contributed by atoms with van der Waals surface area (Å²) >= 11 is 0. The Hall–Kier alpha value is -3.49. The minimum Gasteiger partial charge on any atom is -0.507 e. The first-order valence-electron chi connectivity index (χ1n) is 11.3. The van der Waals surface area contributed by atoms with E-state index in [0.29, 0.717) is 59.2 Å². The number of rotatable bonds is 5. The maximum Gasteiger partial charge on any atom is 0.342 e. The average molecular weight is 464 g/mol. The number of carbonyl (C=O) groups excluding carboxylic acids is 1. The van der Waals surface area contributed by atoms with E-state index < -0.39 is 17.8 Å². The SMILES string of the molecule is CCOC(=O)c1coc2c1c(C(c1ccncc1)N1CCOCC1)c(O)c1cc(C)c(F)cc12. The maximum atomic E-state index is 14.6. The van der Waals surface area contributed by atoms with E-state index in [2.05, 4.69) is 9.88 Å². The number of morpholine rings is 1. The van der Waals surface area contributed by atoms with E-state index in [9.17, 15) is 14.3 Å². The zero-order chi connectivity index (χ0) is 23.8. The van der Waals surface area contributed by atoms with Crippen LogP contribution in [0.15, 0.2) is 47.3 Å². The first-order valence-corrected chi connectivity index (χ1v) is 11.3. The number of ether oxygens (including phenoxy) is 2. The Morgan fingerprint density at radius 3 is 2.68 bits per heavy atom. The molecule has 4 aromatic rings. The Balaban J connectivity index is 1.89. The van der Waals surface area contributed by atoms with Crippen molar-refractivity contribution in [1.29, 1.82) is 0 Å². The van der Waals surface area contributed by atoms with Gasteiger partial charge in [0.25, 0.3) is 0 Å². The summed E-state index contributed by atoms with van der Waals surface area (Å²) in [7, 11) is 0. The number of nitrogens with zero attached hydrogens (tertiary/aromatic N) is 2. The van der Waals surface area contributed by atoms with Crippen LogP contribution >= 0.6 is 0 Å². The van der Waals surface area contributed by atoms with Crippen LogP contribution in [0, 0.1) is 12.7 Å². The van der Waals surface area contributed by atoms with Crippen molar-refractivity contribution < 1.29 is 28.2 Å². The highest BCUT2D eigenvalue weighted by Gasteiger charge is 2.33. The fourth-order valence-electron chi connectivity index (χ4n) is 4.72. The van der Waals surface area contributed by atoms with Crippen LogP contribution in [0.4, 0.5) is 4.39 Å². The summed E-state index contributed by atoms with van der Waals surface area (Å²) in [5.74, 6) is -1.01. The number of benzene rings is 2. The molecule has 7 nitrogen and oxygen atoms in total. The summed E-state index contributed by atoms with van der Waals surface area (Å²) < 4.78 is 31.3. The van der Waals surface area contributed by atoms with E-state index >= 15 is 0 Å². The number of aryl methyl sites for hydroxylation is 1. The van der Waals surface area contributed by atoms with Gasteiger partial charge in [-0.2, -0.15) is 0 Å². The van der Waals surface area contributed by atoms with E-state index in [1.54, 1.807) is 32.3 Å². The molecule has 1 fully saturated rings. The zero-order valence-electron chi connectivity index (χ0n) is 19.0. The number of aromatic hydroxyl groups is 1. The van der Waals surface area contributed by atoms with Gasteiger partial charge in [0, 0.05) is 47.2 Å². The topological polar surface area (TPSA) is 85.0 Å². The van der Waals surface area contributed by atoms with Crippen LogP contribution in [0.5, 0.6) is 5.75 Å². The third-order valence-corrected chi connectivity index (χ3v) is 6.32. The predicted octanol–water partition coefficient (Wildman–Crippen LogP) is 4.73. The van der Waals surface area contributed by atoms with Gasteiger partial charge in [0.15, 0.2) is 0 Å². The Bertz CT molecular complexity index is 1360. The van der Waals surface area contributed by atoms with Crippen molar-refractivity contribution in [2.24, 2.45) is 0 Å². The fourth-order valence-corrected chi connectivity index (χ4v) is 4.72. The highest BCUT2D eigenvalue weighted by atomic mass is 19.1. The first kappa shape index (κ1) is 22.3. The Morgan fingerprint density at radius 2 is 1.97 bits per heavy atom. The number of carbonyl (C=O) groups is 1. The molecule has 1 atom stereocenters. The number of aromatic nitrogens is 1. The Labute approximate surface area is 195 Å². The van der Waals surface area contributed by atoms with E-state index in [1.807, 2.05) is 12.1 Å². The van der Waals surface area contributed by atoms with Crippen molar-refractivity contribution in [1.82, 2.24) is 9.88 Å². The molecule has 1 unspecified atom stereocenters. The monoisotopic (exact) mass is 464 g/mol. The molecule has 1 saturated heterocycles. The van der Waals surface area contributed by atoms with Crippen molar-refractivity contribution in [3.63, 3.8) is 0 Å². The molecule has 0 aliphatic carbocycles. The Morgan fingerprint density at radius 1 is 1.24 bits per heavy atom. The molecule has 5 rings (SSSR count). The highest BCUT2D eigenvalue weighted by molar-refractivity contribution is 6.16. The van der Waals surface area contributed by atoms with Crippen LogP contribution in [0.25, 0.3) is 21.7 Å². The van der Waals surface area contributed by atoms with Crippen LogP contribution in [-0.2, 0) is 9.47 Å². The summed E-state index contributed by atoms with van der Waals surface area (Å²) in [5, 5.41) is 13.0. The predicted molar refractivity (Wildman–Crippen MR) is 125 cm³/mol. The first-order chi connectivity index (χ1) is 16.5. The van der Waals surface area contributed by atoms with Gasteiger partial charge in [-0.3, -0.25) is 9.88 Å². The van der Waals surface area contributed by atoms with Crippen molar-refractivity contribution in [2.75, 3.05) is 32.9 Å². The normalized spacial score (nSPS) is 15.6. The molecule has 2 aromatic carbocycles. The van der Waals surface area contributed by atoms with E-state index in [0.717, 1.165) is 5.56 Å². The van der Waals surface area contributed by atoms with Crippen LogP contribution in [0.3, 0.4) is 0 Å². The largest absolute Gasteiger partial charge is 0.507 e. The molecule has 3 heterocycles. The van der Waals surface area contributed by atoms with Gasteiger partial charge in [-0.05, 0) is 49.2 Å².